The van der Waals surface area contributed by atoms with Crippen molar-refractivity contribution in [1.29, 1.82) is 0 Å². The molecule has 96 valence electrons. The zero-order valence-corrected chi connectivity index (χ0v) is 11.2. The highest BCUT2D eigenvalue weighted by Crippen LogP contribution is 2.20. The van der Waals surface area contributed by atoms with Crippen LogP contribution in [0.15, 0.2) is 30.3 Å². The summed E-state index contributed by atoms with van der Waals surface area (Å²) in [4.78, 5) is 4.47. The van der Waals surface area contributed by atoms with E-state index in [4.69, 9.17) is 5.73 Å². The monoisotopic (exact) mass is 242 g/mol. The van der Waals surface area contributed by atoms with Gasteiger partial charge in [0, 0.05) is 5.39 Å². The van der Waals surface area contributed by atoms with E-state index in [0.29, 0.717) is 5.82 Å². The van der Waals surface area contributed by atoms with E-state index in [9.17, 15) is 0 Å². The second-order valence-corrected chi connectivity index (χ2v) is 4.89. The number of para-hydroxylation sites is 1. The lowest BCUT2D eigenvalue weighted by Crippen LogP contribution is -1.94. The number of nitrogens with zero attached hydrogens (tertiary/aromatic N) is 1. The maximum atomic E-state index is 5.78. The normalized spacial score (nSPS) is 10.9. The number of benzene rings is 1. The molecule has 0 amide bonds. The first kappa shape index (κ1) is 12.9. The molecule has 2 rings (SSSR count). The van der Waals surface area contributed by atoms with Crippen LogP contribution in [-0.4, -0.2) is 4.98 Å². The molecule has 18 heavy (non-hydrogen) atoms. The molecule has 0 saturated carbocycles. The fraction of sp³-hybridized carbons (Fsp3) is 0.438. The SMILES string of the molecule is CCCCCCCc1cccc2ccc(N)nc12. The van der Waals surface area contributed by atoms with E-state index in [1.54, 1.807) is 0 Å². The van der Waals surface area contributed by atoms with Gasteiger partial charge in [-0.05, 0) is 30.5 Å². The first-order valence-electron chi connectivity index (χ1n) is 6.95. The Balaban J connectivity index is 2.05. The van der Waals surface area contributed by atoms with Gasteiger partial charge in [-0.2, -0.15) is 0 Å². The van der Waals surface area contributed by atoms with E-state index in [2.05, 4.69) is 36.2 Å². The fourth-order valence-corrected chi connectivity index (χ4v) is 2.34. The quantitative estimate of drug-likeness (QED) is 0.766. The molecule has 0 bridgehead atoms. The number of nitrogens with two attached hydrogens (primary N) is 1. The number of pyridine rings is 1. The summed E-state index contributed by atoms with van der Waals surface area (Å²) in [6.07, 6.45) is 7.66. The molecule has 0 saturated heterocycles. The van der Waals surface area contributed by atoms with E-state index in [1.165, 1.54) is 43.1 Å². The molecular weight excluding hydrogens is 220 g/mol. The Kier molecular flexibility index (Phi) is 4.57. The number of anilines is 1. The third-order valence-corrected chi connectivity index (χ3v) is 3.38. The fourth-order valence-electron chi connectivity index (χ4n) is 2.34. The van der Waals surface area contributed by atoms with Gasteiger partial charge in [-0.3, -0.25) is 0 Å². The Morgan fingerprint density at radius 2 is 1.83 bits per heavy atom. The first-order chi connectivity index (χ1) is 8.81. The van der Waals surface area contributed by atoms with Crippen molar-refractivity contribution in [3.8, 4) is 0 Å². The lowest BCUT2D eigenvalue weighted by Gasteiger charge is -2.06. The van der Waals surface area contributed by atoms with Crippen LogP contribution < -0.4 is 5.73 Å². The molecule has 2 aromatic rings. The smallest absolute Gasteiger partial charge is 0.124 e. The van der Waals surface area contributed by atoms with Gasteiger partial charge in [0.2, 0.25) is 0 Å². The van der Waals surface area contributed by atoms with Crippen LogP contribution in [0, 0.1) is 0 Å². The second-order valence-electron chi connectivity index (χ2n) is 4.89. The molecule has 2 N–H and O–H groups in total. The van der Waals surface area contributed by atoms with E-state index in [0.717, 1.165) is 11.9 Å². The van der Waals surface area contributed by atoms with Gasteiger partial charge in [-0.25, -0.2) is 4.98 Å². The Morgan fingerprint density at radius 1 is 1.00 bits per heavy atom. The summed E-state index contributed by atoms with van der Waals surface area (Å²) in [5, 5.41) is 1.19. The van der Waals surface area contributed by atoms with Crippen LogP contribution in [0.25, 0.3) is 10.9 Å². The summed E-state index contributed by atoms with van der Waals surface area (Å²) >= 11 is 0. The van der Waals surface area contributed by atoms with Gasteiger partial charge in [-0.1, -0.05) is 50.8 Å². The van der Waals surface area contributed by atoms with Crippen LogP contribution in [0.1, 0.15) is 44.6 Å². The van der Waals surface area contributed by atoms with E-state index >= 15 is 0 Å². The lowest BCUT2D eigenvalue weighted by atomic mass is 10.0. The topological polar surface area (TPSA) is 38.9 Å². The Labute approximate surface area is 109 Å². The molecular formula is C16H22N2. The van der Waals surface area contributed by atoms with Crippen molar-refractivity contribution >= 4 is 16.7 Å². The van der Waals surface area contributed by atoms with Crippen molar-refractivity contribution in [3.63, 3.8) is 0 Å². The van der Waals surface area contributed by atoms with Crippen LogP contribution in [0.5, 0.6) is 0 Å². The number of nitrogen functional groups attached to an aromatic ring is 1. The minimum atomic E-state index is 0.612. The largest absolute Gasteiger partial charge is 0.384 e. The number of unbranched alkanes of at least 4 members (excludes halogenated alkanes) is 4. The van der Waals surface area contributed by atoms with Crippen LogP contribution >= 0.6 is 0 Å². The number of aromatic nitrogens is 1. The third kappa shape index (κ3) is 3.22. The summed E-state index contributed by atoms with van der Waals surface area (Å²) in [5.74, 6) is 0.612. The van der Waals surface area contributed by atoms with Crippen LogP contribution in [-0.2, 0) is 6.42 Å². The van der Waals surface area contributed by atoms with E-state index in [1.807, 2.05) is 6.07 Å². The summed E-state index contributed by atoms with van der Waals surface area (Å²) in [7, 11) is 0. The van der Waals surface area contributed by atoms with E-state index in [-0.39, 0.29) is 0 Å². The number of hydrogen-bond acceptors (Lipinski definition) is 2. The van der Waals surface area contributed by atoms with Gasteiger partial charge in [0.25, 0.3) is 0 Å². The zero-order chi connectivity index (χ0) is 12.8. The molecule has 1 aromatic heterocycles. The summed E-state index contributed by atoms with van der Waals surface area (Å²) < 4.78 is 0. The van der Waals surface area contributed by atoms with Gasteiger partial charge in [0.15, 0.2) is 0 Å². The molecule has 0 fully saturated rings. The molecule has 0 aliphatic carbocycles. The summed E-state index contributed by atoms with van der Waals surface area (Å²) in [6.45, 7) is 2.25. The number of aryl methyl sites for hydroxylation is 1. The van der Waals surface area contributed by atoms with Crippen molar-refractivity contribution in [2.24, 2.45) is 0 Å². The molecule has 0 radical (unpaired) electrons. The van der Waals surface area contributed by atoms with Crippen molar-refractivity contribution in [2.45, 2.75) is 45.4 Å². The number of rotatable bonds is 6. The second kappa shape index (κ2) is 6.39. The van der Waals surface area contributed by atoms with Crippen molar-refractivity contribution in [1.82, 2.24) is 4.98 Å². The highest BCUT2D eigenvalue weighted by atomic mass is 14.8. The minimum Gasteiger partial charge on any atom is -0.384 e. The molecule has 0 spiro atoms. The van der Waals surface area contributed by atoms with Crippen LogP contribution in [0.4, 0.5) is 5.82 Å². The maximum Gasteiger partial charge on any atom is 0.124 e. The van der Waals surface area contributed by atoms with Gasteiger partial charge in [-0.15, -0.1) is 0 Å². The first-order valence-corrected chi connectivity index (χ1v) is 6.95. The van der Waals surface area contributed by atoms with Gasteiger partial charge >= 0.3 is 0 Å². The summed E-state index contributed by atoms with van der Waals surface area (Å²) in [5.41, 5.74) is 8.18. The highest BCUT2D eigenvalue weighted by molar-refractivity contribution is 5.83. The molecule has 0 aliphatic heterocycles. The van der Waals surface area contributed by atoms with E-state index < -0.39 is 0 Å². The minimum absolute atomic E-state index is 0.612. The predicted molar refractivity (Wildman–Crippen MR) is 78.6 cm³/mol. The Morgan fingerprint density at radius 3 is 2.67 bits per heavy atom. The van der Waals surface area contributed by atoms with Gasteiger partial charge in [0.1, 0.15) is 5.82 Å². The Hall–Kier alpha value is -1.57. The van der Waals surface area contributed by atoms with Gasteiger partial charge < -0.3 is 5.73 Å². The number of fused-ring (bicyclic) bond motifs is 1. The molecule has 0 unspecified atom stereocenters. The zero-order valence-electron chi connectivity index (χ0n) is 11.2. The van der Waals surface area contributed by atoms with Crippen LogP contribution in [0.3, 0.4) is 0 Å². The summed E-state index contributed by atoms with van der Waals surface area (Å²) in [6, 6.07) is 10.3. The molecule has 1 aromatic carbocycles. The average molecular weight is 242 g/mol. The Bertz CT molecular complexity index is 505. The highest BCUT2D eigenvalue weighted by Gasteiger charge is 2.02. The lowest BCUT2D eigenvalue weighted by molar-refractivity contribution is 0.633. The molecule has 1 heterocycles. The molecule has 0 aliphatic rings. The maximum absolute atomic E-state index is 5.78. The van der Waals surface area contributed by atoms with Crippen molar-refractivity contribution in [2.75, 3.05) is 5.73 Å². The standard InChI is InChI=1S/C16H22N2/c1-2-3-4-5-6-8-13-9-7-10-14-11-12-15(17)18-16(13)14/h7,9-12H,2-6,8H2,1H3,(H2,17,18). The van der Waals surface area contributed by atoms with Crippen LogP contribution in [0.2, 0.25) is 0 Å². The molecule has 0 atom stereocenters. The number of hydrogen-bond donors (Lipinski definition) is 1. The van der Waals surface area contributed by atoms with Gasteiger partial charge in [0.05, 0.1) is 5.52 Å². The van der Waals surface area contributed by atoms with Crippen molar-refractivity contribution in [3.05, 3.63) is 35.9 Å². The molecule has 2 nitrogen and oxygen atoms in total. The predicted octanol–water partition coefficient (Wildman–Crippen LogP) is 4.33. The molecule has 2 heteroatoms. The third-order valence-electron chi connectivity index (χ3n) is 3.38. The average Bonchev–Trinajstić information content (AvgIpc) is 2.39. The van der Waals surface area contributed by atoms with Crippen molar-refractivity contribution < 1.29 is 0 Å².